The Kier molecular flexibility index (Phi) is 5.94. The topological polar surface area (TPSA) is 115 Å². The second-order valence-corrected chi connectivity index (χ2v) is 7.48. The van der Waals surface area contributed by atoms with Crippen LogP contribution in [0.3, 0.4) is 0 Å². The van der Waals surface area contributed by atoms with Gasteiger partial charge in [-0.05, 0) is 24.6 Å². The van der Waals surface area contributed by atoms with Gasteiger partial charge in [-0.3, -0.25) is 10.1 Å². The van der Waals surface area contributed by atoms with E-state index in [0.717, 1.165) is 46.8 Å². The van der Waals surface area contributed by atoms with E-state index in [1.165, 1.54) is 6.26 Å². The van der Waals surface area contributed by atoms with Gasteiger partial charge in [0.25, 0.3) is 0 Å². The number of amides is 3. The zero-order chi connectivity index (χ0) is 20.9. The molecule has 0 fully saturated rings. The number of para-hydroxylation sites is 1. The summed E-state index contributed by atoms with van der Waals surface area (Å²) in [5.74, 6) is 0.145. The average molecular weight is 424 g/mol. The molecule has 0 aliphatic carbocycles. The highest BCUT2D eigenvalue weighted by Gasteiger charge is 2.15. The zero-order valence-electron chi connectivity index (χ0n) is 16.3. The van der Waals surface area contributed by atoms with Crippen molar-refractivity contribution >= 4 is 45.8 Å². The number of aromatic nitrogens is 4. The van der Waals surface area contributed by atoms with Crippen molar-refractivity contribution in [3.63, 3.8) is 0 Å². The van der Waals surface area contributed by atoms with Crippen molar-refractivity contribution < 1.29 is 14.0 Å². The highest BCUT2D eigenvalue weighted by Crippen LogP contribution is 2.27. The van der Waals surface area contributed by atoms with Gasteiger partial charge in [0.05, 0.1) is 24.1 Å². The summed E-state index contributed by atoms with van der Waals surface area (Å²) in [6.07, 6.45) is 2.47. The molecule has 30 heavy (non-hydrogen) atoms. The van der Waals surface area contributed by atoms with Crippen LogP contribution in [0.2, 0.25) is 0 Å². The first-order valence-electron chi connectivity index (χ1n) is 9.50. The minimum absolute atomic E-state index is 0.00460. The first kappa shape index (κ1) is 19.9. The van der Waals surface area contributed by atoms with E-state index in [4.69, 9.17) is 4.42 Å². The van der Waals surface area contributed by atoms with Crippen molar-refractivity contribution in [1.82, 2.24) is 30.4 Å². The molecule has 0 saturated heterocycles. The highest BCUT2D eigenvalue weighted by molar-refractivity contribution is 7.99. The van der Waals surface area contributed by atoms with Crippen molar-refractivity contribution in [2.24, 2.45) is 0 Å². The molecule has 0 aliphatic rings. The van der Waals surface area contributed by atoms with E-state index >= 15 is 0 Å². The van der Waals surface area contributed by atoms with E-state index in [0.29, 0.717) is 10.9 Å². The maximum atomic E-state index is 12.1. The molecule has 2 N–H and O–H groups in total. The third-order valence-electron chi connectivity index (χ3n) is 4.39. The van der Waals surface area contributed by atoms with Gasteiger partial charge in [0.1, 0.15) is 11.3 Å². The van der Waals surface area contributed by atoms with Gasteiger partial charge in [-0.15, -0.1) is 10.2 Å². The quantitative estimate of drug-likeness (QED) is 0.438. The number of carbonyl (C=O) groups excluding carboxylic acids is 2. The molecule has 0 saturated carbocycles. The molecule has 4 rings (SSSR count). The van der Waals surface area contributed by atoms with Crippen LogP contribution in [0.1, 0.15) is 19.1 Å². The third kappa shape index (κ3) is 4.28. The first-order valence-corrected chi connectivity index (χ1v) is 10.5. The fourth-order valence-electron chi connectivity index (χ4n) is 3.12. The number of nitrogens with one attached hydrogen (secondary N) is 2. The number of furan rings is 1. The van der Waals surface area contributed by atoms with Gasteiger partial charge in [0, 0.05) is 11.9 Å². The molecule has 0 spiro atoms. The van der Waals surface area contributed by atoms with Crippen molar-refractivity contribution in [3.05, 3.63) is 48.4 Å². The molecule has 0 bridgehead atoms. The molecule has 0 unspecified atom stereocenters. The smallest absolute Gasteiger partial charge is 0.321 e. The Balaban J connectivity index is 1.41. The van der Waals surface area contributed by atoms with Gasteiger partial charge in [-0.25, -0.2) is 9.78 Å². The van der Waals surface area contributed by atoms with Crippen LogP contribution in [0.25, 0.3) is 22.1 Å². The summed E-state index contributed by atoms with van der Waals surface area (Å²) in [6, 6.07) is 10.9. The molecule has 3 amide bonds. The number of hydrogen-bond donors (Lipinski definition) is 2. The summed E-state index contributed by atoms with van der Waals surface area (Å²) in [5.41, 5.74) is 2.54. The first-order chi connectivity index (χ1) is 14.7. The molecular weight excluding hydrogens is 404 g/mol. The van der Waals surface area contributed by atoms with Crippen LogP contribution in [0.4, 0.5) is 4.79 Å². The van der Waals surface area contributed by atoms with Crippen molar-refractivity contribution in [2.45, 2.75) is 31.6 Å². The lowest BCUT2D eigenvalue weighted by molar-refractivity contribution is -0.117. The molecule has 9 nitrogen and oxygen atoms in total. The number of hydrogen-bond acceptors (Lipinski definition) is 7. The summed E-state index contributed by atoms with van der Waals surface area (Å²) >= 11 is 1.13. The number of fused-ring (bicyclic) bond motifs is 3. The number of imide groups is 1. The van der Waals surface area contributed by atoms with Crippen LogP contribution in [0.15, 0.2) is 52.2 Å². The number of nitrogens with zero attached hydrogens (tertiary/aromatic N) is 4. The summed E-state index contributed by atoms with van der Waals surface area (Å²) < 4.78 is 7.24. The molecule has 0 atom stereocenters. The van der Waals surface area contributed by atoms with Crippen molar-refractivity contribution in [1.29, 1.82) is 0 Å². The lowest BCUT2D eigenvalue weighted by atomic mass is 10.2. The van der Waals surface area contributed by atoms with Gasteiger partial charge < -0.3 is 14.3 Å². The summed E-state index contributed by atoms with van der Waals surface area (Å²) in [5, 5.41) is 14.7. The Bertz CT molecular complexity index is 1190. The van der Waals surface area contributed by atoms with Gasteiger partial charge in [-0.2, -0.15) is 0 Å². The van der Waals surface area contributed by atoms with Crippen molar-refractivity contribution in [2.75, 3.05) is 5.75 Å². The van der Waals surface area contributed by atoms with E-state index < -0.39 is 11.9 Å². The highest BCUT2D eigenvalue weighted by atomic mass is 32.2. The average Bonchev–Trinajstić information content (AvgIpc) is 3.38. The summed E-state index contributed by atoms with van der Waals surface area (Å²) in [6.45, 7) is 3.11. The Morgan fingerprint density at radius 1 is 1.17 bits per heavy atom. The Morgan fingerprint density at radius 2 is 2.03 bits per heavy atom. The van der Waals surface area contributed by atoms with Crippen LogP contribution >= 0.6 is 11.8 Å². The fraction of sp³-hybridized carbons (Fsp3) is 0.250. The van der Waals surface area contributed by atoms with Crippen LogP contribution in [0.5, 0.6) is 0 Å². The Hall–Kier alpha value is -3.40. The van der Waals surface area contributed by atoms with Gasteiger partial charge in [0.2, 0.25) is 11.1 Å². The van der Waals surface area contributed by atoms with Crippen LogP contribution in [-0.2, 0) is 17.9 Å². The maximum absolute atomic E-state index is 12.1. The van der Waals surface area contributed by atoms with Crippen LogP contribution in [-0.4, -0.2) is 37.4 Å². The lowest BCUT2D eigenvalue weighted by Gasteiger charge is -2.06. The second-order valence-electron chi connectivity index (χ2n) is 6.53. The standard InChI is InChI=1S/C20H20N6O3S/c1-2-9-26-15-8-4-3-7-14(15)17-18(26)23-20(25-24-17)30-12-16(27)22-19(28)21-11-13-6-5-10-29-13/h3-8,10H,2,9,11-12H2,1H3,(H2,21,22,27,28). The SMILES string of the molecule is CCCn1c2ccccc2c2nnc(SCC(=O)NC(=O)NCc3ccco3)nc21. The van der Waals surface area contributed by atoms with Gasteiger partial charge in [-0.1, -0.05) is 36.9 Å². The van der Waals surface area contributed by atoms with Gasteiger partial charge in [0.15, 0.2) is 5.65 Å². The third-order valence-corrected chi connectivity index (χ3v) is 5.23. The van der Waals surface area contributed by atoms with Crippen LogP contribution < -0.4 is 10.6 Å². The Morgan fingerprint density at radius 3 is 2.83 bits per heavy atom. The van der Waals surface area contributed by atoms with E-state index in [1.54, 1.807) is 12.1 Å². The molecule has 4 aromatic rings. The predicted molar refractivity (Wildman–Crippen MR) is 113 cm³/mol. The molecule has 0 radical (unpaired) electrons. The number of benzene rings is 1. The predicted octanol–water partition coefficient (Wildman–Crippen LogP) is 3.10. The molecule has 1 aromatic carbocycles. The second kappa shape index (κ2) is 8.95. The summed E-state index contributed by atoms with van der Waals surface area (Å²) in [4.78, 5) is 28.5. The monoisotopic (exact) mass is 424 g/mol. The molecule has 0 aliphatic heterocycles. The molecule has 3 heterocycles. The van der Waals surface area contributed by atoms with E-state index in [2.05, 4.69) is 37.3 Å². The Labute approximate surface area is 176 Å². The minimum Gasteiger partial charge on any atom is -0.467 e. The molecular formula is C20H20N6O3S. The lowest BCUT2D eigenvalue weighted by Crippen LogP contribution is -2.39. The summed E-state index contributed by atoms with van der Waals surface area (Å²) in [7, 11) is 0. The van der Waals surface area contributed by atoms with Gasteiger partial charge >= 0.3 is 6.03 Å². The van der Waals surface area contributed by atoms with Crippen molar-refractivity contribution in [3.8, 4) is 0 Å². The number of aryl methyl sites for hydroxylation is 1. The van der Waals surface area contributed by atoms with E-state index in [9.17, 15) is 9.59 Å². The molecule has 154 valence electrons. The number of urea groups is 1. The minimum atomic E-state index is -0.588. The fourth-order valence-corrected chi connectivity index (χ4v) is 3.70. The largest absolute Gasteiger partial charge is 0.467 e. The number of rotatable bonds is 7. The number of thioether (sulfide) groups is 1. The van der Waals surface area contributed by atoms with Crippen LogP contribution in [0, 0.1) is 0 Å². The van der Waals surface area contributed by atoms with E-state index in [-0.39, 0.29) is 12.3 Å². The van der Waals surface area contributed by atoms with E-state index in [1.807, 2.05) is 24.3 Å². The normalized spacial score (nSPS) is 11.1. The zero-order valence-corrected chi connectivity index (χ0v) is 17.1. The maximum Gasteiger partial charge on any atom is 0.321 e. The molecule has 3 aromatic heterocycles. The number of carbonyl (C=O) groups is 2. The molecule has 10 heteroatoms.